The Morgan fingerprint density at radius 2 is 1.82 bits per heavy atom. The van der Waals surface area contributed by atoms with E-state index in [4.69, 9.17) is 4.74 Å². The highest BCUT2D eigenvalue weighted by Gasteiger charge is 2.28. The lowest BCUT2D eigenvalue weighted by Crippen LogP contribution is -2.42. The Morgan fingerprint density at radius 1 is 1.12 bits per heavy atom. The standard InChI is InChI=1S/C25H30N4O3S/c1-17-26-21(16-33-17)18-7-9-19(10-8-18)27-23(30)22-6-5-13-29(22)20-11-14-28(15-12-20)24(31)32-25(2,3)4/h5-10,13,16,20H,11-12,14-15H2,1-4H3,(H,27,30). The molecule has 0 bridgehead atoms. The maximum absolute atomic E-state index is 13.0. The molecule has 0 atom stereocenters. The molecule has 0 spiro atoms. The van der Waals surface area contributed by atoms with Gasteiger partial charge in [0.15, 0.2) is 0 Å². The summed E-state index contributed by atoms with van der Waals surface area (Å²) in [7, 11) is 0. The average molecular weight is 467 g/mol. The van der Waals surface area contributed by atoms with Crippen molar-refractivity contribution in [3.63, 3.8) is 0 Å². The number of rotatable bonds is 4. The van der Waals surface area contributed by atoms with Crippen molar-refractivity contribution >= 4 is 29.0 Å². The first-order valence-electron chi connectivity index (χ1n) is 11.2. The number of benzene rings is 1. The normalized spacial score (nSPS) is 14.8. The highest BCUT2D eigenvalue weighted by molar-refractivity contribution is 7.09. The van der Waals surface area contributed by atoms with Crippen LogP contribution in [0.4, 0.5) is 10.5 Å². The third-order valence-electron chi connectivity index (χ3n) is 5.58. The molecule has 0 unspecified atom stereocenters. The van der Waals surface area contributed by atoms with Crippen molar-refractivity contribution in [3.05, 3.63) is 58.7 Å². The molecule has 2 aromatic heterocycles. The number of amides is 2. The van der Waals surface area contributed by atoms with Crippen molar-refractivity contribution in [2.24, 2.45) is 0 Å². The molecule has 1 aliphatic heterocycles. The molecule has 3 heterocycles. The van der Waals surface area contributed by atoms with Crippen LogP contribution in [0.15, 0.2) is 48.0 Å². The number of carbonyl (C=O) groups excluding carboxylic acids is 2. The summed E-state index contributed by atoms with van der Waals surface area (Å²) in [6.07, 6.45) is 3.21. The van der Waals surface area contributed by atoms with Crippen LogP contribution in [-0.4, -0.2) is 45.1 Å². The minimum atomic E-state index is -0.503. The lowest BCUT2D eigenvalue weighted by Gasteiger charge is -2.34. The van der Waals surface area contributed by atoms with Crippen molar-refractivity contribution in [1.82, 2.24) is 14.5 Å². The number of ether oxygens (including phenoxy) is 1. The monoisotopic (exact) mass is 466 g/mol. The zero-order chi connectivity index (χ0) is 23.6. The van der Waals surface area contributed by atoms with E-state index in [2.05, 4.69) is 10.3 Å². The largest absolute Gasteiger partial charge is 0.444 e. The van der Waals surface area contributed by atoms with Gasteiger partial charge in [-0.2, -0.15) is 0 Å². The van der Waals surface area contributed by atoms with Crippen molar-refractivity contribution < 1.29 is 14.3 Å². The first-order chi connectivity index (χ1) is 15.7. The second-order valence-electron chi connectivity index (χ2n) is 9.28. The van der Waals surface area contributed by atoms with E-state index >= 15 is 0 Å². The Kier molecular flexibility index (Phi) is 6.56. The fourth-order valence-corrected chi connectivity index (χ4v) is 4.60. The number of thiazole rings is 1. The number of aromatic nitrogens is 2. The first kappa shape index (κ1) is 23.0. The Hall–Kier alpha value is -3.13. The smallest absolute Gasteiger partial charge is 0.410 e. The Balaban J connectivity index is 1.37. The number of piperidine rings is 1. The van der Waals surface area contributed by atoms with Gasteiger partial charge in [0.25, 0.3) is 5.91 Å². The molecule has 4 rings (SSSR count). The van der Waals surface area contributed by atoms with Crippen LogP contribution in [0.25, 0.3) is 11.3 Å². The van der Waals surface area contributed by atoms with E-state index in [-0.39, 0.29) is 18.0 Å². The van der Waals surface area contributed by atoms with Crippen molar-refractivity contribution in [2.75, 3.05) is 18.4 Å². The summed E-state index contributed by atoms with van der Waals surface area (Å²) >= 11 is 1.62. The molecule has 1 aliphatic rings. The van der Waals surface area contributed by atoms with Crippen LogP contribution in [0.5, 0.6) is 0 Å². The number of likely N-dealkylation sites (tertiary alicyclic amines) is 1. The Labute approximate surface area is 198 Å². The molecule has 3 aromatic rings. The molecule has 174 valence electrons. The Morgan fingerprint density at radius 3 is 2.42 bits per heavy atom. The molecular weight excluding hydrogens is 436 g/mol. The molecule has 1 N–H and O–H groups in total. The molecule has 1 aromatic carbocycles. The van der Waals surface area contributed by atoms with Gasteiger partial charge in [0.05, 0.1) is 10.7 Å². The fraction of sp³-hybridized carbons (Fsp3) is 0.400. The van der Waals surface area contributed by atoms with Crippen LogP contribution in [-0.2, 0) is 4.74 Å². The van der Waals surface area contributed by atoms with E-state index < -0.39 is 5.60 Å². The van der Waals surface area contributed by atoms with E-state index in [1.165, 1.54) is 0 Å². The second kappa shape index (κ2) is 9.39. The summed E-state index contributed by atoms with van der Waals surface area (Å²) in [6, 6.07) is 11.6. The molecule has 33 heavy (non-hydrogen) atoms. The SMILES string of the molecule is Cc1nc(-c2ccc(NC(=O)c3cccn3C3CCN(C(=O)OC(C)(C)C)CC3)cc2)cs1. The predicted molar refractivity (Wildman–Crippen MR) is 131 cm³/mol. The van der Waals surface area contributed by atoms with Crippen LogP contribution in [0.1, 0.15) is 55.2 Å². The Bertz CT molecular complexity index is 1120. The number of aryl methyl sites for hydroxylation is 1. The summed E-state index contributed by atoms with van der Waals surface area (Å²) in [5, 5.41) is 6.06. The maximum atomic E-state index is 13.0. The molecule has 8 heteroatoms. The molecule has 1 fully saturated rings. The molecule has 0 saturated carbocycles. The zero-order valence-corrected chi connectivity index (χ0v) is 20.3. The van der Waals surface area contributed by atoms with Crippen LogP contribution >= 0.6 is 11.3 Å². The molecule has 7 nitrogen and oxygen atoms in total. The third-order valence-corrected chi connectivity index (χ3v) is 6.35. The van der Waals surface area contributed by atoms with Gasteiger partial charge in [0, 0.05) is 42.0 Å². The molecule has 1 saturated heterocycles. The zero-order valence-electron chi connectivity index (χ0n) is 19.5. The first-order valence-corrected chi connectivity index (χ1v) is 12.1. The number of hydrogen-bond donors (Lipinski definition) is 1. The van der Waals surface area contributed by atoms with Gasteiger partial charge < -0.3 is 19.5 Å². The fourth-order valence-electron chi connectivity index (χ4n) is 3.97. The van der Waals surface area contributed by atoms with Gasteiger partial charge >= 0.3 is 6.09 Å². The van der Waals surface area contributed by atoms with Gasteiger partial charge in [0.1, 0.15) is 11.3 Å². The van der Waals surface area contributed by atoms with E-state index in [1.807, 2.05) is 80.2 Å². The molecule has 0 radical (unpaired) electrons. The van der Waals surface area contributed by atoms with Gasteiger partial charge in [-0.25, -0.2) is 9.78 Å². The summed E-state index contributed by atoms with van der Waals surface area (Å²) < 4.78 is 7.50. The second-order valence-corrected chi connectivity index (χ2v) is 10.3. The van der Waals surface area contributed by atoms with Crippen molar-refractivity contribution in [2.45, 2.75) is 52.2 Å². The molecule has 2 amide bonds. The molecule has 0 aliphatic carbocycles. The maximum Gasteiger partial charge on any atom is 0.410 e. The van der Waals surface area contributed by atoms with Gasteiger partial charge in [-0.3, -0.25) is 4.79 Å². The lowest BCUT2D eigenvalue weighted by atomic mass is 10.0. The summed E-state index contributed by atoms with van der Waals surface area (Å²) in [5.41, 5.74) is 2.82. The van der Waals surface area contributed by atoms with Crippen LogP contribution < -0.4 is 5.32 Å². The van der Waals surface area contributed by atoms with Gasteiger partial charge in [-0.15, -0.1) is 11.3 Å². The highest BCUT2D eigenvalue weighted by Crippen LogP contribution is 2.27. The highest BCUT2D eigenvalue weighted by atomic mass is 32.1. The number of nitrogens with zero attached hydrogens (tertiary/aromatic N) is 3. The number of nitrogens with one attached hydrogen (secondary N) is 1. The quantitative estimate of drug-likeness (QED) is 0.532. The predicted octanol–water partition coefficient (Wildman–Crippen LogP) is 5.74. The van der Waals surface area contributed by atoms with Crippen LogP contribution in [0, 0.1) is 6.92 Å². The van der Waals surface area contributed by atoms with E-state index in [9.17, 15) is 9.59 Å². The van der Waals surface area contributed by atoms with E-state index in [0.717, 1.165) is 34.8 Å². The van der Waals surface area contributed by atoms with Crippen LogP contribution in [0.3, 0.4) is 0 Å². The van der Waals surface area contributed by atoms with E-state index in [0.29, 0.717) is 18.8 Å². The van der Waals surface area contributed by atoms with Crippen LogP contribution in [0.2, 0.25) is 0 Å². The number of hydrogen-bond acceptors (Lipinski definition) is 5. The van der Waals surface area contributed by atoms with E-state index in [1.54, 1.807) is 16.2 Å². The van der Waals surface area contributed by atoms with Crippen molar-refractivity contribution in [1.29, 1.82) is 0 Å². The number of anilines is 1. The third kappa shape index (κ3) is 5.63. The van der Waals surface area contributed by atoms with Gasteiger partial charge in [0.2, 0.25) is 0 Å². The van der Waals surface area contributed by atoms with Gasteiger partial charge in [-0.1, -0.05) is 12.1 Å². The lowest BCUT2D eigenvalue weighted by molar-refractivity contribution is 0.0187. The summed E-state index contributed by atoms with van der Waals surface area (Å²) in [6.45, 7) is 8.81. The van der Waals surface area contributed by atoms with Gasteiger partial charge in [-0.05, 0) is 64.8 Å². The van der Waals surface area contributed by atoms with Crippen molar-refractivity contribution in [3.8, 4) is 11.3 Å². The minimum absolute atomic E-state index is 0.146. The topological polar surface area (TPSA) is 76.5 Å². The number of carbonyl (C=O) groups is 2. The minimum Gasteiger partial charge on any atom is -0.444 e. The summed E-state index contributed by atoms with van der Waals surface area (Å²) in [5.74, 6) is -0.146. The molecular formula is C25H30N4O3S. The average Bonchev–Trinajstić information content (AvgIpc) is 3.42. The summed E-state index contributed by atoms with van der Waals surface area (Å²) in [4.78, 5) is 31.6.